The number of thioether (sulfide) groups is 1. The lowest BCUT2D eigenvalue weighted by Crippen LogP contribution is -1.99. The molecule has 120 valence electrons. The summed E-state index contributed by atoms with van der Waals surface area (Å²) in [5, 5.41) is 11.3. The normalized spacial score (nSPS) is 13.7. The Morgan fingerprint density at radius 2 is 1.96 bits per heavy atom. The van der Waals surface area contributed by atoms with Gasteiger partial charge < -0.3 is 0 Å². The van der Waals surface area contributed by atoms with E-state index in [9.17, 15) is 0 Å². The molecular formula is C19H17N3S2. The summed E-state index contributed by atoms with van der Waals surface area (Å²) < 4.78 is 0. The van der Waals surface area contributed by atoms with Crippen molar-refractivity contribution in [1.29, 1.82) is 5.26 Å². The van der Waals surface area contributed by atoms with Gasteiger partial charge in [-0.25, -0.2) is 9.97 Å². The molecule has 0 aliphatic heterocycles. The van der Waals surface area contributed by atoms with Crippen LogP contribution in [0.3, 0.4) is 0 Å². The Morgan fingerprint density at radius 1 is 1.17 bits per heavy atom. The van der Waals surface area contributed by atoms with Crippen molar-refractivity contribution in [3.63, 3.8) is 0 Å². The monoisotopic (exact) mass is 351 g/mol. The topological polar surface area (TPSA) is 49.6 Å². The first-order chi connectivity index (χ1) is 11.7. The number of fused-ring (bicyclic) bond motifs is 3. The summed E-state index contributed by atoms with van der Waals surface area (Å²) in [4.78, 5) is 12.1. The number of nitriles is 1. The molecule has 0 bridgehead atoms. The fourth-order valence-electron chi connectivity index (χ4n) is 3.16. The maximum absolute atomic E-state index is 8.90. The van der Waals surface area contributed by atoms with Crippen LogP contribution in [0.25, 0.3) is 10.2 Å². The maximum atomic E-state index is 8.90. The molecule has 0 atom stereocenters. The Balaban J connectivity index is 1.67. The van der Waals surface area contributed by atoms with E-state index in [-0.39, 0.29) is 0 Å². The van der Waals surface area contributed by atoms with Crippen molar-refractivity contribution in [3.8, 4) is 6.07 Å². The molecule has 2 aromatic heterocycles. The summed E-state index contributed by atoms with van der Waals surface area (Å²) in [6.07, 6.45) is 4.91. The molecule has 3 nitrogen and oxygen atoms in total. The number of thiophene rings is 1. The van der Waals surface area contributed by atoms with Gasteiger partial charge in [-0.1, -0.05) is 12.1 Å². The molecule has 1 aromatic carbocycles. The SMILES string of the molecule is Cc1nc(SCc2ccc(C#N)cc2)c2c3c(sc2n1)CCCC3. The van der Waals surface area contributed by atoms with Crippen molar-refractivity contribution in [1.82, 2.24) is 9.97 Å². The van der Waals surface area contributed by atoms with Gasteiger partial charge in [0, 0.05) is 16.0 Å². The third-order valence-electron chi connectivity index (χ3n) is 4.35. The Bertz CT molecular complexity index is 936. The highest BCUT2D eigenvalue weighted by Gasteiger charge is 2.20. The minimum absolute atomic E-state index is 0.705. The minimum atomic E-state index is 0.705. The summed E-state index contributed by atoms with van der Waals surface area (Å²) in [5.41, 5.74) is 3.41. The number of rotatable bonds is 3. The molecule has 0 saturated carbocycles. The lowest BCUT2D eigenvalue weighted by Gasteiger charge is -2.11. The lowest BCUT2D eigenvalue weighted by atomic mass is 9.97. The largest absolute Gasteiger partial charge is 0.226 e. The number of aryl methyl sites for hydroxylation is 3. The van der Waals surface area contributed by atoms with Crippen molar-refractivity contribution < 1.29 is 0 Å². The molecule has 0 radical (unpaired) electrons. The Morgan fingerprint density at radius 3 is 2.75 bits per heavy atom. The highest BCUT2D eigenvalue weighted by Crippen LogP contribution is 2.40. The van der Waals surface area contributed by atoms with Gasteiger partial charge in [0.15, 0.2) is 0 Å². The summed E-state index contributed by atoms with van der Waals surface area (Å²) in [7, 11) is 0. The first-order valence-corrected chi connectivity index (χ1v) is 9.95. The summed E-state index contributed by atoms with van der Waals surface area (Å²) >= 11 is 3.63. The van der Waals surface area contributed by atoms with Crippen molar-refractivity contribution in [2.45, 2.75) is 43.4 Å². The molecule has 0 unspecified atom stereocenters. The van der Waals surface area contributed by atoms with Crippen LogP contribution in [-0.2, 0) is 18.6 Å². The highest BCUT2D eigenvalue weighted by atomic mass is 32.2. The molecule has 4 rings (SSSR count). The number of aromatic nitrogens is 2. The predicted molar refractivity (Wildman–Crippen MR) is 99.5 cm³/mol. The van der Waals surface area contributed by atoms with E-state index in [0.29, 0.717) is 5.56 Å². The van der Waals surface area contributed by atoms with E-state index in [1.807, 2.05) is 42.5 Å². The second-order valence-electron chi connectivity index (χ2n) is 6.06. The third-order valence-corrected chi connectivity index (χ3v) is 6.58. The van der Waals surface area contributed by atoms with Crippen LogP contribution < -0.4 is 0 Å². The molecule has 2 heterocycles. The van der Waals surface area contributed by atoms with Crippen molar-refractivity contribution >= 4 is 33.3 Å². The molecule has 24 heavy (non-hydrogen) atoms. The molecule has 0 amide bonds. The van der Waals surface area contributed by atoms with Crippen LogP contribution in [0, 0.1) is 18.3 Å². The highest BCUT2D eigenvalue weighted by molar-refractivity contribution is 7.98. The average Bonchev–Trinajstić information content (AvgIpc) is 2.98. The molecule has 5 heteroatoms. The second-order valence-corrected chi connectivity index (χ2v) is 8.11. The van der Waals surface area contributed by atoms with Crippen LogP contribution in [0.4, 0.5) is 0 Å². The van der Waals surface area contributed by atoms with E-state index in [0.717, 1.165) is 27.9 Å². The Labute approximate surface area is 149 Å². The van der Waals surface area contributed by atoms with E-state index in [1.54, 1.807) is 11.8 Å². The van der Waals surface area contributed by atoms with E-state index in [2.05, 4.69) is 11.1 Å². The van der Waals surface area contributed by atoms with Gasteiger partial charge in [-0.3, -0.25) is 0 Å². The number of hydrogen-bond donors (Lipinski definition) is 0. The second kappa shape index (κ2) is 6.54. The van der Waals surface area contributed by atoms with E-state index >= 15 is 0 Å². The first-order valence-electron chi connectivity index (χ1n) is 8.15. The zero-order valence-electron chi connectivity index (χ0n) is 13.5. The summed E-state index contributed by atoms with van der Waals surface area (Å²) in [5.74, 6) is 1.71. The van der Waals surface area contributed by atoms with Gasteiger partial charge in [0.25, 0.3) is 0 Å². The maximum Gasteiger partial charge on any atom is 0.128 e. The Hall–Kier alpha value is -1.90. The van der Waals surface area contributed by atoms with Gasteiger partial charge in [0.05, 0.1) is 11.6 Å². The molecule has 3 aromatic rings. The average molecular weight is 352 g/mol. The van der Waals surface area contributed by atoms with Gasteiger partial charge in [-0.2, -0.15) is 5.26 Å². The first kappa shape index (κ1) is 15.6. The molecule has 0 fully saturated rings. The molecule has 1 aliphatic rings. The van der Waals surface area contributed by atoms with Gasteiger partial charge in [-0.05, 0) is 55.9 Å². The quantitative estimate of drug-likeness (QED) is 0.490. The predicted octanol–water partition coefficient (Wildman–Crippen LogP) is 5.04. The van der Waals surface area contributed by atoms with E-state index in [4.69, 9.17) is 10.2 Å². The number of nitrogens with zero attached hydrogens (tertiary/aromatic N) is 3. The van der Waals surface area contributed by atoms with Crippen molar-refractivity contribution in [3.05, 3.63) is 51.7 Å². The van der Waals surface area contributed by atoms with Crippen molar-refractivity contribution in [2.24, 2.45) is 0 Å². The molecule has 0 N–H and O–H groups in total. The van der Waals surface area contributed by atoms with Gasteiger partial charge >= 0.3 is 0 Å². The summed E-state index contributed by atoms with van der Waals surface area (Å²) in [6.45, 7) is 1.98. The standard InChI is InChI=1S/C19H17N3S2/c1-12-21-18(23-11-14-8-6-13(10-20)7-9-14)17-15-4-2-3-5-16(15)24-19(17)22-12/h6-9H,2-5,11H2,1H3. The van der Waals surface area contributed by atoms with Gasteiger partial charge in [0.1, 0.15) is 15.7 Å². The third kappa shape index (κ3) is 2.92. The van der Waals surface area contributed by atoms with Crippen LogP contribution in [-0.4, -0.2) is 9.97 Å². The zero-order valence-corrected chi connectivity index (χ0v) is 15.1. The molecule has 1 aliphatic carbocycles. The van der Waals surface area contributed by atoms with Crippen LogP contribution in [0.5, 0.6) is 0 Å². The van der Waals surface area contributed by atoms with Crippen LogP contribution in [0.2, 0.25) is 0 Å². The number of benzene rings is 1. The van der Waals surface area contributed by atoms with Crippen LogP contribution in [0.1, 0.15) is 40.2 Å². The molecular weight excluding hydrogens is 334 g/mol. The van der Waals surface area contributed by atoms with Crippen LogP contribution in [0.15, 0.2) is 29.3 Å². The van der Waals surface area contributed by atoms with Gasteiger partial charge in [0.2, 0.25) is 0 Å². The molecule has 0 spiro atoms. The zero-order chi connectivity index (χ0) is 16.5. The molecule has 0 saturated heterocycles. The van der Waals surface area contributed by atoms with E-state index in [1.165, 1.54) is 40.7 Å². The summed E-state index contributed by atoms with van der Waals surface area (Å²) in [6, 6.07) is 9.98. The van der Waals surface area contributed by atoms with Gasteiger partial charge in [-0.15, -0.1) is 23.1 Å². The smallest absolute Gasteiger partial charge is 0.128 e. The fourth-order valence-corrected chi connectivity index (χ4v) is 5.59. The Kier molecular flexibility index (Phi) is 4.26. The van der Waals surface area contributed by atoms with Crippen LogP contribution >= 0.6 is 23.1 Å². The fraction of sp³-hybridized carbons (Fsp3) is 0.316. The lowest BCUT2D eigenvalue weighted by molar-refractivity contribution is 0.699. The van der Waals surface area contributed by atoms with Crippen molar-refractivity contribution in [2.75, 3.05) is 0 Å². The number of hydrogen-bond acceptors (Lipinski definition) is 5. The minimum Gasteiger partial charge on any atom is -0.226 e. The van der Waals surface area contributed by atoms with E-state index < -0.39 is 0 Å².